The number of ether oxygens (including phenoxy) is 1. The van der Waals surface area contributed by atoms with Gasteiger partial charge in [-0.3, -0.25) is 4.79 Å². The van der Waals surface area contributed by atoms with E-state index in [9.17, 15) is 9.18 Å². The molecule has 0 spiro atoms. The molecule has 2 aromatic rings. The summed E-state index contributed by atoms with van der Waals surface area (Å²) in [6.45, 7) is 0. The minimum atomic E-state index is -0.387. The van der Waals surface area contributed by atoms with Crippen LogP contribution < -0.4 is 10.1 Å². The second kappa shape index (κ2) is 7.99. The number of carbonyl (C=O) groups excluding carboxylic acids is 1. The van der Waals surface area contributed by atoms with Crippen LogP contribution in [0.3, 0.4) is 0 Å². The lowest BCUT2D eigenvalue weighted by molar-refractivity contribution is -0.113. The van der Waals surface area contributed by atoms with Crippen molar-refractivity contribution in [3.8, 4) is 5.75 Å². The van der Waals surface area contributed by atoms with Crippen molar-refractivity contribution in [3.63, 3.8) is 0 Å². The van der Waals surface area contributed by atoms with E-state index in [4.69, 9.17) is 4.74 Å². The summed E-state index contributed by atoms with van der Waals surface area (Å²) in [6, 6.07) is 10.1. The van der Waals surface area contributed by atoms with Crippen LogP contribution in [-0.4, -0.2) is 18.8 Å². The standard InChI is InChI=1S/C15H12Br2FNO2S/c1-21-10-3-2-4-11(7-10)22-8-14(20)19-15-12(16)5-9(18)6-13(15)17/h2-7H,8H2,1H3,(H,19,20). The van der Waals surface area contributed by atoms with Gasteiger partial charge >= 0.3 is 0 Å². The Morgan fingerprint density at radius 3 is 2.59 bits per heavy atom. The molecule has 22 heavy (non-hydrogen) atoms. The molecule has 0 atom stereocenters. The van der Waals surface area contributed by atoms with Crippen molar-refractivity contribution < 1.29 is 13.9 Å². The van der Waals surface area contributed by atoms with Gasteiger partial charge in [0.1, 0.15) is 11.6 Å². The van der Waals surface area contributed by atoms with Gasteiger partial charge in [0.15, 0.2) is 0 Å². The minimum Gasteiger partial charge on any atom is -0.497 e. The maximum Gasteiger partial charge on any atom is 0.234 e. The molecule has 0 bridgehead atoms. The zero-order chi connectivity index (χ0) is 16.1. The Hall–Kier alpha value is -1.05. The molecule has 116 valence electrons. The number of methoxy groups -OCH3 is 1. The molecule has 0 radical (unpaired) electrons. The Balaban J connectivity index is 1.99. The maximum atomic E-state index is 13.2. The number of thioether (sulfide) groups is 1. The van der Waals surface area contributed by atoms with E-state index in [0.29, 0.717) is 14.6 Å². The number of amides is 1. The van der Waals surface area contributed by atoms with Crippen LogP contribution in [-0.2, 0) is 4.79 Å². The summed E-state index contributed by atoms with van der Waals surface area (Å²) in [6.07, 6.45) is 0. The van der Waals surface area contributed by atoms with E-state index < -0.39 is 0 Å². The quantitative estimate of drug-likeness (QED) is 0.647. The zero-order valence-corrected chi connectivity index (χ0v) is 15.5. The van der Waals surface area contributed by atoms with E-state index in [0.717, 1.165) is 10.6 Å². The number of halogens is 3. The summed E-state index contributed by atoms with van der Waals surface area (Å²) in [7, 11) is 1.60. The fourth-order valence-electron chi connectivity index (χ4n) is 1.68. The number of benzene rings is 2. The second-order valence-corrected chi connectivity index (χ2v) is 7.02. The van der Waals surface area contributed by atoms with E-state index in [2.05, 4.69) is 37.2 Å². The topological polar surface area (TPSA) is 38.3 Å². The molecule has 0 saturated carbocycles. The first-order valence-electron chi connectivity index (χ1n) is 6.21. The molecule has 7 heteroatoms. The van der Waals surface area contributed by atoms with Crippen LogP contribution in [0.15, 0.2) is 50.2 Å². The van der Waals surface area contributed by atoms with Gasteiger partial charge in [0.05, 0.1) is 18.6 Å². The van der Waals surface area contributed by atoms with Crippen LogP contribution >= 0.6 is 43.6 Å². The van der Waals surface area contributed by atoms with E-state index in [1.54, 1.807) is 7.11 Å². The van der Waals surface area contributed by atoms with E-state index in [1.165, 1.54) is 23.9 Å². The number of anilines is 1. The molecule has 0 fully saturated rings. The van der Waals surface area contributed by atoms with Gasteiger partial charge in [0.2, 0.25) is 5.91 Å². The summed E-state index contributed by atoms with van der Waals surface area (Å²) in [5.41, 5.74) is 0.512. The molecule has 1 amide bonds. The van der Waals surface area contributed by atoms with Crippen molar-refractivity contribution in [3.05, 3.63) is 51.2 Å². The normalized spacial score (nSPS) is 10.4. The third kappa shape index (κ3) is 4.72. The molecular weight excluding hydrogens is 437 g/mol. The highest BCUT2D eigenvalue weighted by Crippen LogP contribution is 2.32. The number of nitrogens with one attached hydrogen (secondary N) is 1. The van der Waals surface area contributed by atoms with Crippen LogP contribution in [0.1, 0.15) is 0 Å². The molecule has 0 aliphatic rings. The molecule has 0 aliphatic carbocycles. The van der Waals surface area contributed by atoms with Crippen LogP contribution in [0, 0.1) is 5.82 Å². The smallest absolute Gasteiger partial charge is 0.234 e. The predicted octanol–water partition coefficient (Wildman–Crippen LogP) is 5.09. The van der Waals surface area contributed by atoms with E-state index in [1.807, 2.05) is 24.3 Å². The summed E-state index contributed by atoms with van der Waals surface area (Å²) in [5.74, 6) is 0.418. The average Bonchev–Trinajstić information content (AvgIpc) is 2.49. The molecule has 1 N–H and O–H groups in total. The van der Waals surface area contributed by atoms with Gasteiger partial charge in [-0.15, -0.1) is 11.8 Å². The largest absolute Gasteiger partial charge is 0.497 e. The van der Waals surface area contributed by atoms with E-state index >= 15 is 0 Å². The van der Waals surface area contributed by atoms with Crippen molar-refractivity contribution in [2.24, 2.45) is 0 Å². The van der Waals surface area contributed by atoms with E-state index in [-0.39, 0.29) is 17.5 Å². The van der Waals surface area contributed by atoms with Crippen LogP contribution in [0.4, 0.5) is 10.1 Å². The first-order chi connectivity index (χ1) is 10.5. The number of rotatable bonds is 5. The monoisotopic (exact) mass is 447 g/mol. The Morgan fingerprint density at radius 2 is 1.95 bits per heavy atom. The molecular formula is C15H12Br2FNO2S. The van der Waals surface area contributed by atoms with Gasteiger partial charge < -0.3 is 10.1 Å². The van der Waals surface area contributed by atoms with Crippen LogP contribution in [0.2, 0.25) is 0 Å². The van der Waals surface area contributed by atoms with Crippen molar-refractivity contribution in [2.45, 2.75) is 4.90 Å². The molecule has 0 heterocycles. The lowest BCUT2D eigenvalue weighted by atomic mass is 10.3. The van der Waals surface area contributed by atoms with Gasteiger partial charge in [-0.1, -0.05) is 6.07 Å². The molecule has 3 nitrogen and oxygen atoms in total. The van der Waals surface area contributed by atoms with Gasteiger partial charge in [-0.2, -0.15) is 0 Å². The fraction of sp³-hybridized carbons (Fsp3) is 0.133. The Bertz CT molecular complexity index is 674. The summed E-state index contributed by atoms with van der Waals surface area (Å²) in [5, 5.41) is 2.75. The molecule has 2 aromatic carbocycles. The lowest BCUT2D eigenvalue weighted by Crippen LogP contribution is -2.15. The van der Waals surface area contributed by atoms with Crippen molar-refractivity contribution >= 4 is 55.2 Å². The summed E-state index contributed by atoms with van der Waals surface area (Å²) < 4.78 is 19.3. The Kier molecular flexibility index (Phi) is 6.28. The van der Waals surface area contributed by atoms with Crippen molar-refractivity contribution in [1.29, 1.82) is 0 Å². The average molecular weight is 449 g/mol. The SMILES string of the molecule is COc1cccc(SCC(=O)Nc2c(Br)cc(F)cc2Br)c1. The third-order valence-corrected chi connectivity index (χ3v) is 4.93. The molecule has 0 aromatic heterocycles. The number of carbonyl (C=O) groups is 1. The maximum absolute atomic E-state index is 13.2. The summed E-state index contributed by atoms with van der Waals surface area (Å²) >= 11 is 7.86. The molecule has 0 unspecified atom stereocenters. The highest BCUT2D eigenvalue weighted by molar-refractivity contribution is 9.11. The molecule has 0 aliphatic heterocycles. The zero-order valence-electron chi connectivity index (χ0n) is 11.5. The summed E-state index contributed by atoms with van der Waals surface area (Å²) in [4.78, 5) is 13.0. The van der Waals surface area contributed by atoms with Crippen molar-refractivity contribution in [2.75, 3.05) is 18.2 Å². The van der Waals surface area contributed by atoms with Gasteiger partial charge in [-0.05, 0) is 62.2 Å². The minimum absolute atomic E-state index is 0.180. The third-order valence-electron chi connectivity index (χ3n) is 2.68. The van der Waals surface area contributed by atoms with Crippen LogP contribution in [0.5, 0.6) is 5.75 Å². The number of hydrogen-bond acceptors (Lipinski definition) is 3. The Labute approximate surface area is 148 Å². The highest BCUT2D eigenvalue weighted by atomic mass is 79.9. The van der Waals surface area contributed by atoms with Gasteiger partial charge in [0, 0.05) is 13.8 Å². The van der Waals surface area contributed by atoms with Crippen LogP contribution in [0.25, 0.3) is 0 Å². The fourth-order valence-corrected chi connectivity index (χ4v) is 3.75. The second-order valence-electron chi connectivity index (χ2n) is 4.26. The highest BCUT2D eigenvalue weighted by Gasteiger charge is 2.11. The predicted molar refractivity (Wildman–Crippen MR) is 94.1 cm³/mol. The number of hydrogen-bond donors (Lipinski definition) is 1. The first-order valence-corrected chi connectivity index (χ1v) is 8.78. The Morgan fingerprint density at radius 1 is 1.27 bits per heavy atom. The molecule has 0 saturated heterocycles. The molecule has 2 rings (SSSR count). The first kappa shape index (κ1) is 17.3. The lowest BCUT2D eigenvalue weighted by Gasteiger charge is -2.10. The van der Waals surface area contributed by atoms with Gasteiger partial charge in [-0.25, -0.2) is 4.39 Å². The van der Waals surface area contributed by atoms with Crippen molar-refractivity contribution in [1.82, 2.24) is 0 Å². The van der Waals surface area contributed by atoms with Gasteiger partial charge in [0.25, 0.3) is 0 Å².